The summed E-state index contributed by atoms with van der Waals surface area (Å²) in [5.74, 6) is 1.52. The molecule has 0 atom stereocenters. The average Bonchev–Trinajstić information content (AvgIpc) is 2.89. The second kappa shape index (κ2) is 4.93. The van der Waals surface area contributed by atoms with Gasteiger partial charge in [-0.05, 0) is 44.4 Å². The zero-order valence-corrected chi connectivity index (χ0v) is 13.5. The zero-order valence-electron chi connectivity index (χ0n) is 11.9. The Hall–Kier alpha value is -1.27. The van der Waals surface area contributed by atoms with Crippen molar-refractivity contribution in [3.63, 3.8) is 0 Å². The molecule has 0 aliphatic carbocycles. The van der Waals surface area contributed by atoms with Crippen molar-refractivity contribution < 1.29 is 9.47 Å². The van der Waals surface area contributed by atoms with Gasteiger partial charge in [0.1, 0.15) is 5.69 Å². The number of aromatic nitrogens is 2. The maximum absolute atomic E-state index is 5.66. The van der Waals surface area contributed by atoms with E-state index in [-0.39, 0.29) is 4.75 Å². The van der Waals surface area contributed by atoms with Gasteiger partial charge in [0.15, 0.2) is 11.5 Å². The standard InChI is InChI=1S/C14H16N2O2S2/c1-5-18-10-7-11-8(6-9(10)17-4)12-13(20-16-15-12)14(2,3)19-11/h6-7H,5H2,1-4H3. The van der Waals surface area contributed by atoms with Crippen LogP contribution >= 0.6 is 23.3 Å². The molecule has 3 rings (SSSR count). The molecule has 0 saturated heterocycles. The molecule has 0 unspecified atom stereocenters. The minimum absolute atomic E-state index is 0.0193. The van der Waals surface area contributed by atoms with Crippen LogP contribution in [0.1, 0.15) is 25.6 Å². The van der Waals surface area contributed by atoms with Crippen molar-refractivity contribution in [1.29, 1.82) is 0 Å². The lowest BCUT2D eigenvalue weighted by Crippen LogP contribution is -2.15. The van der Waals surface area contributed by atoms with Gasteiger partial charge >= 0.3 is 0 Å². The van der Waals surface area contributed by atoms with Crippen LogP contribution in [0.3, 0.4) is 0 Å². The van der Waals surface area contributed by atoms with E-state index in [9.17, 15) is 0 Å². The van der Waals surface area contributed by atoms with Gasteiger partial charge in [-0.25, -0.2) is 0 Å². The Kier molecular flexibility index (Phi) is 3.38. The van der Waals surface area contributed by atoms with Crippen molar-refractivity contribution >= 4 is 23.3 Å². The van der Waals surface area contributed by atoms with Gasteiger partial charge in [-0.1, -0.05) is 4.49 Å². The first kappa shape index (κ1) is 13.7. The number of methoxy groups -OCH3 is 1. The Bertz CT molecular complexity index is 653. The number of ether oxygens (including phenoxy) is 2. The number of fused-ring (bicyclic) bond motifs is 3. The molecule has 1 aromatic heterocycles. The van der Waals surface area contributed by atoms with Gasteiger partial charge in [-0.2, -0.15) is 0 Å². The topological polar surface area (TPSA) is 44.2 Å². The van der Waals surface area contributed by atoms with E-state index < -0.39 is 0 Å². The van der Waals surface area contributed by atoms with Gasteiger partial charge in [-0.15, -0.1) is 16.9 Å². The predicted octanol–water partition coefficient (Wildman–Crippen LogP) is 3.95. The summed E-state index contributed by atoms with van der Waals surface area (Å²) >= 11 is 3.29. The third-order valence-electron chi connectivity index (χ3n) is 3.22. The molecule has 2 heterocycles. The van der Waals surface area contributed by atoms with Crippen LogP contribution in [0.2, 0.25) is 0 Å². The highest BCUT2D eigenvalue weighted by molar-refractivity contribution is 8.00. The van der Waals surface area contributed by atoms with E-state index in [1.165, 1.54) is 21.3 Å². The second-order valence-electron chi connectivity index (χ2n) is 5.00. The minimum atomic E-state index is -0.0193. The van der Waals surface area contributed by atoms with Crippen molar-refractivity contribution in [1.82, 2.24) is 9.59 Å². The fraction of sp³-hybridized carbons (Fsp3) is 0.429. The van der Waals surface area contributed by atoms with Crippen LogP contribution in [-0.4, -0.2) is 23.3 Å². The van der Waals surface area contributed by atoms with E-state index in [4.69, 9.17) is 9.47 Å². The molecule has 1 aliphatic rings. The van der Waals surface area contributed by atoms with Gasteiger partial charge in [0.2, 0.25) is 0 Å². The molecule has 0 N–H and O–H groups in total. The van der Waals surface area contributed by atoms with Gasteiger partial charge in [-0.3, -0.25) is 0 Å². The highest BCUT2D eigenvalue weighted by Gasteiger charge is 2.36. The number of rotatable bonds is 3. The molecule has 20 heavy (non-hydrogen) atoms. The summed E-state index contributed by atoms with van der Waals surface area (Å²) in [5.41, 5.74) is 2.05. The Balaban J connectivity index is 2.19. The largest absolute Gasteiger partial charge is 0.493 e. The van der Waals surface area contributed by atoms with Crippen molar-refractivity contribution in [3.8, 4) is 22.8 Å². The van der Waals surface area contributed by atoms with E-state index in [0.717, 1.165) is 22.8 Å². The van der Waals surface area contributed by atoms with Crippen LogP contribution in [0, 0.1) is 0 Å². The van der Waals surface area contributed by atoms with Gasteiger partial charge in [0, 0.05) is 10.5 Å². The van der Waals surface area contributed by atoms with E-state index in [0.29, 0.717) is 6.61 Å². The predicted molar refractivity (Wildman–Crippen MR) is 81.9 cm³/mol. The molecule has 2 aromatic rings. The molecule has 0 bridgehead atoms. The van der Waals surface area contributed by atoms with Gasteiger partial charge < -0.3 is 9.47 Å². The van der Waals surface area contributed by atoms with Crippen molar-refractivity contribution in [2.45, 2.75) is 30.4 Å². The smallest absolute Gasteiger partial charge is 0.162 e. The summed E-state index contributed by atoms with van der Waals surface area (Å²) in [6, 6.07) is 4.05. The lowest BCUT2D eigenvalue weighted by molar-refractivity contribution is 0.310. The van der Waals surface area contributed by atoms with Crippen molar-refractivity contribution in [2.24, 2.45) is 0 Å². The Morgan fingerprint density at radius 2 is 2.05 bits per heavy atom. The Morgan fingerprint density at radius 1 is 1.25 bits per heavy atom. The lowest BCUT2D eigenvalue weighted by Gasteiger charge is -2.29. The summed E-state index contributed by atoms with van der Waals surface area (Å²) in [4.78, 5) is 2.38. The zero-order chi connectivity index (χ0) is 14.3. The van der Waals surface area contributed by atoms with E-state index in [1.807, 2.05) is 30.8 Å². The molecule has 0 radical (unpaired) electrons. The molecule has 0 amide bonds. The maximum Gasteiger partial charge on any atom is 0.162 e. The molecule has 0 fully saturated rings. The molecule has 0 spiro atoms. The minimum Gasteiger partial charge on any atom is -0.493 e. The van der Waals surface area contributed by atoms with Crippen LogP contribution in [-0.2, 0) is 4.75 Å². The fourth-order valence-electron chi connectivity index (χ4n) is 2.32. The number of nitrogens with zero attached hydrogens (tertiary/aromatic N) is 2. The first-order valence-electron chi connectivity index (χ1n) is 6.44. The van der Waals surface area contributed by atoms with E-state index in [1.54, 1.807) is 7.11 Å². The van der Waals surface area contributed by atoms with E-state index >= 15 is 0 Å². The first-order chi connectivity index (χ1) is 9.56. The van der Waals surface area contributed by atoms with Crippen molar-refractivity contribution in [3.05, 3.63) is 17.0 Å². The normalized spacial score (nSPS) is 15.4. The van der Waals surface area contributed by atoms with Crippen molar-refractivity contribution in [2.75, 3.05) is 13.7 Å². The van der Waals surface area contributed by atoms with Crippen LogP contribution in [0.15, 0.2) is 17.0 Å². The molecular formula is C14H16N2O2S2. The van der Waals surface area contributed by atoms with E-state index in [2.05, 4.69) is 23.4 Å². The number of thioether (sulfide) groups is 1. The molecule has 106 valence electrons. The molecule has 1 aliphatic heterocycles. The van der Waals surface area contributed by atoms with Crippen LogP contribution in [0.5, 0.6) is 11.5 Å². The third kappa shape index (κ3) is 2.07. The SMILES string of the molecule is CCOc1cc2c(cc1OC)-c1nnsc1C(C)(C)S2. The van der Waals surface area contributed by atoms with Crippen LogP contribution < -0.4 is 9.47 Å². The number of benzene rings is 1. The summed E-state index contributed by atoms with van der Waals surface area (Å²) in [5, 5.41) is 4.30. The van der Waals surface area contributed by atoms with Crippen LogP contribution in [0.25, 0.3) is 11.3 Å². The molecule has 4 nitrogen and oxygen atoms in total. The number of hydrogen-bond acceptors (Lipinski definition) is 6. The molecule has 0 saturated carbocycles. The Labute approximate surface area is 126 Å². The molecular weight excluding hydrogens is 292 g/mol. The highest BCUT2D eigenvalue weighted by atomic mass is 32.2. The summed E-state index contributed by atoms with van der Waals surface area (Å²) < 4.78 is 15.2. The second-order valence-corrected chi connectivity index (χ2v) is 7.41. The van der Waals surface area contributed by atoms with Gasteiger partial charge in [0.25, 0.3) is 0 Å². The monoisotopic (exact) mass is 308 g/mol. The average molecular weight is 308 g/mol. The number of hydrogen-bond donors (Lipinski definition) is 0. The first-order valence-corrected chi connectivity index (χ1v) is 8.03. The van der Waals surface area contributed by atoms with Gasteiger partial charge in [0.05, 0.1) is 23.3 Å². The lowest BCUT2D eigenvalue weighted by atomic mass is 10.0. The summed E-state index contributed by atoms with van der Waals surface area (Å²) in [6.07, 6.45) is 0. The molecule has 6 heteroatoms. The van der Waals surface area contributed by atoms with Crippen LogP contribution in [0.4, 0.5) is 0 Å². The Morgan fingerprint density at radius 3 is 2.75 bits per heavy atom. The fourth-order valence-corrected chi connectivity index (χ4v) is 4.39. The maximum atomic E-state index is 5.66. The third-order valence-corrected chi connectivity index (χ3v) is 5.67. The molecule has 1 aromatic carbocycles. The quantitative estimate of drug-likeness (QED) is 0.859. The summed E-state index contributed by atoms with van der Waals surface area (Å²) in [7, 11) is 1.66. The highest BCUT2D eigenvalue weighted by Crippen LogP contribution is 2.55. The summed E-state index contributed by atoms with van der Waals surface area (Å²) in [6.45, 7) is 6.99.